The molecule has 1 saturated heterocycles. The Hall–Kier alpha value is -1.92. The van der Waals surface area contributed by atoms with Crippen LogP contribution in [0.4, 0.5) is 0 Å². The van der Waals surface area contributed by atoms with E-state index in [0.29, 0.717) is 24.5 Å². The van der Waals surface area contributed by atoms with Gasteiger partial charge in [-0.25, -0.2) is 4.98 Å². The highest BCUT2D eigenvalue weighted by atomic mass is 32.1. The smallest absolute Gasteiger partial charge is 0.225 e. The first-order valence-corrected chi connectivity index (χ1v) is 11.8. The molecule has 0 radical (unpaired) electrons. The molecule has 6 heteroatoms. The van der Waals surface area contributed by atoms with Gasteiger partial charge < -0.3 is 15.0 Å². The molecule has 1 aliphatic carbocycles. The summed E-state index contributed by atoms with van der Waals surface area (Å²) < 4.78 is 5.77. The third kappa shape index (κ3) is 5.80. The second-order valence-electron chi connectivity index (χ2n) is 8.23. The molecule has 29 heavy (non-hydrogen) atoms. The van der Waals surface area contributed by atoms with Crippen molar-refractivity contribution in [2.45, 2.75) is 64.1 Å². The third-order valence-corrected chi connectivity index (χ3v) is 6.78. The maximum atomic E-state index is 12.7. The van der Waals surface area contributed by atoms with Crippen molar-refractivity contribution in [2.24, 2.45) is 5.92 Å². The van der Waals surface area contributed by atoms with E-state index in [2.05, 4.69) is 27.3 Å². The summed E-state index contributed by atoms with van der Waals surface area (Å²) in [6.45, 7) is 3.17. The molecule has 0 bridgehead atoms. The van der Waals surface area contributed by atoms with Crippen molar-refractivity contribution in [1.82, 2.24) is 15.2 Å². The van der Waals surface area contributed by atoms with Crippen LogP contribution in [0.3, 0.4) is 0 Å². The van der Waals surface area contributed by atoms with Gasteiger partial charge in [0.2, 0.25) is 5.91 Å². The standard InChI is InChI=1S/C23H31N3O2S/c27-23(19-4-2-1-3-5-19)26-12-10-20(11-13-26)24-14-18-6-8-22(9-7-18)28-15-21-16-29-17-25-21/h6-9,16-17,19-20,24H,1-5,10-15H2. The highest BCUT2D eigenvalue weighted by Gasteiger charge is 2.28. The molecule has 156 valence electrons. The molecule has 0 atom stereocenters. The highest BCUT2D eigenvalue weighted by Crippen LogP contribution is 2.26. The van der Waals surface area contributed by atoms with E-state index >= 15 is 0 Å². The summed E-state index contributed by atoms with van der Waals surface area (Å²) in [5, 5.41) is 5.67. The minimum atomic E-state index is 0.296. The molecule has 0 unspecified atom stereocenters. The van der Waals surface area contributed by atoms with Gasteiger partial charge in [-0.05, 0) is 43.4 Å². The average Bonchev–Trinajstić information content (AvgIpc) is 3.31. The number of rotatable bonds is 7. The lowest BCUT2D eigenvalue weighted by Crippen LogP contribution is -2.46. The Morgan fingerprint density at radius 2 is 1.86 bits per heavy atom. The summed E-state index contributed by atoms with van der Waals surface area (Å²) in [5.41, 5.74) is 4.05. The number of likely N-dealkylation sites (tertiary alicyclic amines) is 1. The Morgan fingerprint density at radius 1 is 1.10 bits per heavy atom. The number of thiazole rings is 1. The van der Waals surface area contributed by atoms with Gasteiger partial charge in [0.1, 0.15) is 12.4 Å². The molecule has 1 aromatic carbocycles. The summed E-state index contributed by atoms with van der Waals surface area (Å²) in [5.74, 6) is 1.58. The number of carbonyl (C=O) groups is 1. The Morgan fingerprint density at radius 3 is 2.55 bits per heavy atom. The number of nitrogens with zero attached hydrogens (tertiary/aromatic N) is 2. The van der Waals surface area contributed by atoms with E-state index < -0.39 is 0 Å². The predicted octanol–water partition coefficient (Wildman–Crippen LogP) is 4.38. The first-order chi connectivity index (χ1) is 14.3. The summed E-state index contributed by atoms with van der Waals surface area (Å²) >= 11 is 1.58. The fourth-order valence-corrected chi connectivity index (χ4v) is 4.89. The van der Waals surface area contributed by atoms with E-state index in [1.165, 1.54) is 24.8 Å². The number of hydrogen-bond donors (Lipinski definition) is 1. The van der Waals surface area contributed by atoms with Crippen LogP contribution in [0.1, 0.15) is 56.2 Å². The zero-order valence-electron chi connectivity index (χ0n) is 17.0. The molecule has 1 N–H and O–H groups in total. The molecule has 2 aliphatic rings. The number of ether oxygens (including phenoxy) is 1. The molecule has 1 amide bonds. The number of piperidine rings is 1. The molecule has 5 nitrogen and oxygen atoms in total. The van der Waals surface area contributed by atoms with Crippen LogP contribution < -0.4 is 10.1 Å². The predicted molar refractivity (Wildman–Crippen MR) is 116 cm³/mol. The quantitative estimate of drug-likeness (QED) is 0.732. The largest absolute Gasteiger partial charge is 0.487 e. The van der Waals surface area contributed by atoms with Crippen LogP contribution >= 0.6 is 11.3 Å². The van der Waals surface area contributed by atoms with Gasteiger partial charge in [0.05, 0.1) is 11.2 Å². The van der Waals surface area contributed by atoms with Crippen molar-refractivity contribution in [3.8, 4) is 5.75 Å². The number of amides is 1. The van der Waals surface area contributed by atoms with Gasteiger partial charge >= 0.3 is 0 Å². The molecule has 0 spiro atoms. The van der Waals surface area contributed by atoms with E-state index in [1.807, 2.05) is 23.0 Å². The van der Waals surface area contributed by atoms with Crippen LogP contribution in [0.5, 0.6) is 5.75 Å². The average molecular weight is 414 g/mol. The molecule has 4 rings (SSSR count). The van der Waals surface area contributed by atoms with Gasteiger partial charge in [-0.2, -0.15) is 0 Å². The maximum Gasteiger partial charge on any atom is 0.225 e. The van der Waals surface area contributed by atoms with Gasteiger partial charge in [-0.1, -0.05) is 31.4 Å². The summed E-state index contributed by atoms with van der Waals surface area (Å²) in [6.07, 6.45) is 8.04. The van der Waals surface area contributed by atoms with Crippen LogP contribution in [-0.2, 0) is 17.9 Å². The number of carbonyl (C=O) groups excluding carboxylic acids is 1. The monoisotopic (exact) mass is 413 g/mol. The van der Waals surface area contributed by atoms with Crippen LogP contribution in [0, 0.1) is 5.92 Å². The van der Waals surface area contributed by atoms with E-state index in [4.69, 9.17) is 4.74 Å². The lowest BCUT2D eigenvalue weighted by molar-refractivity contribution is -0.137. The van der Waals surface area contributed by atoms with E-state index in [0.717, 1.165) is 56.8 Å². The Balaban J connectivity index is 1.17. The van der Waals surface area contributed by atoms with Crippen LogP contribution in [0.25, 0.3) is 0 Å². The van der Waals surface area contributed by atoms with Gasteiger partial charge in [0.25, 0.3) is 0 Å². The van der Waals surface area contributed by atoms with Crippen molar-refractivity contribution in [1.29, 1.82) is 0 Å². The highest BCUT2D eigenvalue weighted by molar-refractivity contribution is 7.07. The fraction of sp³-hybridized carbons (Fsp3) is 0.565. The second-order valence-corrected chi connectivity index (χ2v) is 8.95. The molecule has 1 aliphatic heterocycles. The van der Waals surface area contributed by atoms with Crippen LogP contribution in [0.2, 0.25) is 0 Å². The van der Waals surface area contributed by atoms with Crippen molar-refractivity contribution < 1.29 is 9.53 Å². The van der Waals surface area contributed by atoms with Gasteiger partial charge in [0.15, 0.2) is 0 Å². The second kappa shape index (κ2) is 10.2. The van der Waals surface area contributed by atoms with Crippen molar-refractivity contribution >= 4 is 17.2 Å². The fourth-order valence-electron chi connectivity index (χ4n) is 4.34. The van der Waals surface area contributed by atoms with E-state index in [1.54, 1.807) is 11.3 Å². The molecule has 2 aromatic rings. The first-order valence-electron chi connectivity index (χ1n) is 10.9. The minimum absolute atomic E-state index is 0.296. The zero-order chi connectivity index (χ0) is 19.9. The SMILES string of the molecule is O=C(C1CCCCC1)N1CCC(NCc2ccc(OCc3cscn3)cc2)CC1. The van der Waals surface area contributed by atoms with Gasteiger partial charge in [0, 0.05) is 37.0 Å². The minimum Gasteiger partial charge on any atom is -0.487 e. The summed E-state index contributed by atoms with van der Waals surface area (Å²) in [6, 6.07) is 8.77. The first kappa shape index (κ1) is 20.4. The Bertz CT molecular complexity index is 749. The molecular formula is C23H31N3O2S. The van der Waals surface area contributed by atoms with Crippen LogP contribution in [0.15, 0.2) is 35.2 Å². The van der Waals surface area contributed by atoms with Crippen molar-refractivity contribution in [3.05, 3.63) is 46.4 Å². The Labute approximate surface area is 177 Å². The van der Waals surface area contributed by atoms with Crippen LogP contribution in [-0.4, -0.2) is 34.9 Å². The normalized spacial score (nSPS) is 18.7. The van der Waals surface area contributed by atoms with Gasteiger partial charge in [-0.15, -0.1) is 11.3 Å². The molecule has 2 heterocycles. The maximum absolute atomic E-state index is 12.7. The third-order valence-electron chi connectivity index (χ3n) is 6.15. The summed E-state index contributed by atoms with van der Waals surface area (Å²) in [7, 11) is 0. The Kier molecular flexibility index (Phi) is 7.17. The lowest BCUT2D eigenvalue weighted by atomic mass is 9.87. The molecular weight excluding hydrogens is 382 g/mol. The molecule has 1 saturated carbocycles. The lowest BCUT2D eigenvalue weighted by Gasteiger charge is -2.35. The number of nitrogens with one attached hydrogen (secondary N) is 1. The number of benzene rings is 1. The number of aromatic nitrogens is 1. The summed E-state index contributed by atoms with van der Waals surface area (Å²) in [4.78, 5) is 19.0. The molecule has 2 fully saturated rings. The van der Waals surface area contributed by atoms with E-state index in [-0.39, 0.29) is 0 Å². The number of hydrogen-bond acceptors (Lipinski definition) is 5. The van der Waals surface area contributed by atoms with E-state index in [9.17, 15) is 4.79 Å². The molecule has 1 aromatic heterocycles. The topological polar surface area (TPSA) is 54.5 Å². The van der Waals surface area contributed by atoms with Gasteiger partial charge in [-0.3, -0.25) is 4.79 Å². The zero-order valence-corrected chi connectivity index (χ0v) is 17.8. The van der Waals surface area contributed by atoms with Crippen molar-refractivity contribution in [2.75, 3.05) is 13.1 Å². The van der Waals surface area contributed by atoms with Crippen molar-refractivity contribution in [3.63, 3.8) is 0 Å².